The first-order valence-electron chi connectivity index (χ1n) is 6.54. The summed E-state index contributed by atoms with van der Waals surface area (Å²) in [7, 11) is 0. The van der Waals surface area contributed by atoms with Crippen molar-refractivity contribution >= 4 is 17.2 Å². The van der Waals surface area contributed by atoms with Crippen molar-refractivity contribution in [3.05, 3.63) is 16.1 Å². The van der Waals surface area contributed by atoms with Crippen LogP contribution in [0.25, 0.3) is 0 Å². The van der Waals surface area contributed by atoms with Crippen LogP contribution in [0.5, 0.6) is 0 Å². The molecule has 0 saturated heterocycles. The van der Waals surface area contributed by atoms with Crippen LogP contribution in [0.3, 0.4) is 0 Å². The topological polar surface area (TPSA) is 68.0 Å². The van der Waals surface area contributed by atoms with Crippen LogP contribution in [0.4, 0.5) is 0 Å². The lowest BCUT2D eigenvalue weighted by Gasteiger charge is -2.13. The SMILES string of the molecule is CC(C)C[C@H](N)C(=O)NCc1nc(C2CC2)cs1. The van der Waals surface area contributed by atoms with Gasteiger partial charge in [0.2, 0.25) is 5.91 Å². The minimum atomic E-state index is -0.409. The van der Waals surface area contributed by atoms with Gasteiger partial charge in [-0.25, -0.2) is 4.98 Å². The van der Waals surface area contributed by atoms with E-state index >= 15 is 0 Å². The van der Waals surface area contributed by atoms with Gasteiger partial charge in [0.25, 0.3) is 0 Å². The zero-order chi connectivity index (χ0) is 13.1. The second-order valence-corrected chi connectivity index (χ2v) is 6.34. The van der Waals surface area contributed by atoms with Gasteiger partial charge in [0.1, 0.15) is 5.01 Å². The van der Waals surface area contributed by atoms with Crippen molar-refractivity contribution in [3.8, 4) is 0 Å². The molecule has 5 heteroatoms. The molecule has 0 bridgehead atoms. The maximum Gasteiger partial charge on any atom is 0.237 e. The van der Waals surface area contributed by atoms with Crippen LogP contribution in [0.15, 0.2) is 5.38 Å². The van der Waals surface area contributed by atoms with Crippen molar-refractivity contribution in [2.45, 2.75) is 51.6 Å². The first-order valence-corrected chi connectivity index (χ1v) is 7.41. The van der Waals surface area contributed by atoms with E-state index in [1.54, 1.807) is 11.3 Å². The number of nitrogens with one attached hydrogen (secondary N) is 1. The number of hydrogen-bond acceptors (Lipinski definition) is 4. The van der Waals surface area contributed by atoms with E-state index < -0.39 is 6.04 Å². The Bertz CT molecular complexity index is 412. The Morgan fingerprint density at radius 2 is 2.33 bits per heavy atom. The van der Waals surface area contributed by atoms with Gasteiger partial charge >= 0.3 is 0 Å². The van der Waals surface area contributed by atoms with E-state index in [2.05, 4.69) is 29.5 Å². The smallest absolute Gasteiger partial charge is 0.237 e. The molecule has 0 spiro atoms. The van der Waals surface area contributed by atoms with Gasteiger partial charge in [-0.2, -0.15) is 0 Å². The van der Waals surface area contributed by atoms with Gasteiger partial charge in [0, 0.05) is 11.3 Å². The highest BCUT2D eigenvalue weighted by molar-refractivity contribution is 7.09. The molecule has 1 aliphatic rings. The Labute approximate surface area is 112 Å². The lowest BCUT2D eigenvalue weighted by atomic mass is 10.0. The summed E-state index contributed by atoms with van der Waals surface area (Å²) in [6.07, 6.45) is 3.24. The quantitative estimate of drug-likeness (QED) is 0.828. The molecule has 1 fully saturated rings. The lowest BCUT2D eigenvalue weighted by molar-refractivity contribution is -0.122. The average molecular weight is 267 g/mol. The monoisotopic (exact) mass is 267 g/mol. The van der Waals surface area contributed by atoms with Gasteiger partial charge in [0.05, 0.1) is 18.3 Å². The molecule has 1 saturated carbocycles. The van der Waals surface area contributed by atoms with Crippen LogP contribution in [0, 0.1) is 5.92 Å². The van der Waals surface area contributed by atoms with Gasteiger partial charge in [-0.1, -0.05) is 13.8 Å². The summed E-state index contributed by atoms with van der Waals surface area (Å²) in [6.45, 7) is 4.63. The number of nitrogens with zero attached hydrogens (tertiary/aromatic N) is 1. The summed E-state index contributed by atoms with van der Waals surface area (Å²) < 4.78 is 0. The highest BCUT2D eigenvalue weighted by atomic mass is 32.1. The normalized spacial score (nSPS) is 16.9. The molecule has 1 aliphatic carbocycles. The van der Waals surface area contributed by atoms with Crippen molar-refractivity contribution in [2.75, 3.05) is 0 Å². The lowest BCUT2D eigenvalue weighted by Crippen LogP contribution is -2.41. The highest BCUT2D eigenvalue weighted by Crippen LogP contribution is 2.40. The third-order valence-electron chi connectivity index (χ3n) is 3.04. The van der Waals surface area contributed by atoms with E-state index in [1.807, 2.05) is 0 Å². The second-order valence-electron chi connectivity index (χ2n) is 5.39. The van der Waals surface area contributed by atoms with Gasteiger partial charge in [-0.15, -0.1) is 11.3 Å². The molecule has 4 nitrogen and oxygen atoms in total. The van der Waals surface area contributed by atoms with E-state index in [1.165, 1.54) is 18.5 Å². The van der Waals surface area contributed by atoms with E-state index in [9.17, 15) is 4.79 Å². The predicted octanol–water partition coefficient (Wildman–Crippen LogP) is 2.01. The molecule has 0 unspecified atom stereocenters. The predicted molar refractivity (Wildman–Crippen MR) is 73.4 cm³/mol. The van der Waals surface area contributed by atoms with Gasteiger partial charge in [-0.3, -0.25) is 4.79 Å². The largest absolute Gasteiger partial charge is 0.348 e. The molecule has 1 amide bonds. The molecule has 1 aromatic heterocycles. The standard InChI is InChI=1S/C13H21N3OS/c1-8(2)5-10(14)13(17)15-6-12-16-11(7-18-12)9-3-4-9/h7-10H,3-6,14H2,1-2H3,(H,15,17)/t10-/m0/s1. The molecule has 0 radical (unpaired) electrons. The number of thiazole rings is 1. The number of aromatic nitrogens is 1. The number of carbonyl (C=O) groups is 1. The van der Waals surface area contributed by atoms with Crippen LogP contribution < -0.4 is 11.1 Å². The summed E-state index contributed by atoms with van der Waals surface area (Å²) in [6, 6.07) is -0.409. The Hall–Kier alpha value is -0.940. The summed E-state index contributed by atoms with van der Waals surface area (Å²) >= 11 is 1.62. The summed E-state index contributed by atoms with van der Waals surface area (Å²) in [5, 5.41) is 5.94. The molecule has 18 heavy (non-hydrogen) atoms. The Morgan fingerprint density at radius 3 is 2.94 bits per heavy atom. The molecule has 1 atom stereocenters. The molecular formula is C13H21N3OS. The molecule has 3 N–H and O–H groups in total. The third-order valence-corrected chi connectivity index (χ3v) is 3.91. The maximum atomic E-state index is 11.7. The Morgan fingerprint density at radius 1 is 1.61 bits per heavy atom. The van der Waals surface area contributed by atoms with E-state index in [0.717, 1.165) is 11.4 Å². The minimum absolute atomic E-state index is 0.0770. The highest BCUT2D eigenvalue weighted by Gasteiger charge is 2.26. The summed E-state index contributed by atoms with van der Waals surface area (Å²) in [5.41, 5.74) is 7.01. The number of carbonyl (C=O) groups excluding carboxylic acids is 1. The van der Waals surface area contributed by atoms with Crippen molar-refractivity contribution in [3.63, 3.8) is 0 Å². The average Bonchev–Trinajstić information content (AvgIpc) is 3.05. The molecular weight excluding hydrogens is 246 g/mol. The van der Waals surface area contributed by atoms with Gasteiger partial charge < -0.3 is 11.1 Å². The Kier molecular flexibility index (Phi) is 4.35. The van der Waals surface area contributed by atoms with Crippen molar-refractivity contribution in [1.82, 2.24) is 10.3 Å². The second kappa shape index (κ2) is 5.80. The fourth-order valence-corrected chi connectivity index (χ4v) is 2.70. The number of hydrogen-bond donors (Lipinski definition) is 2. The maximum absolute atomic E-state index is 11.7. The van der Waals surface area contributed by atoms with Crippen LogP contribution >= 0.6 is 11.3 Å². The molecule has 0 aromatic carbocycles. The van der Waals surface area contributed by atoms with E-state index in [-0.39, 0.29) is 5.91 Å². The van der Waals surface area contributed by atoms with Gasteiger partial charge in [0.15, 0.2) is 0 Å². The molecule has 100 valence electrons. The number of rotatable bonds is 6. The summed E-state index contributed by atoms with van der Waals surface area (Å²) in [4.78, 5) is 16.3. The Balaban J connectivity index is 1.77. The van der Waals surface area contributed by atoms with E-state index in [4.69, 9.17) is 5.73 Å². The van der Waals surface area contributed by atoms with Crippen molar-refractivity contribution < 1.29 is 4.79 Å². The van der Waals surface area contributed by atoms with E-state index in [0.29, 0.717) is 18.4 Å². The fraction of sp³-hybridized carbons (Fsp3) is 0.692. The van der Waals surface area contributed by atoms with Crippen LogP contribution in [-0.4, -0.2) is 16.9 Å². The van der Waals surface area contributed by atoms with Crippen LogP contribution in [0.2, 0.25) is 0 Å². The zero-order valence-electron chi connectivity index (χ0n) is 11.0. The van der Waals surface area contributed by atoms with Crippen LogP contribution in [-0.2, 0) is 11.3 Å². The first-order chi connectivity index (χ1) is 8.56. The third kappa shape index (κ3) is 3.78. The fourth-order valence-electron chi connectivity index (χ4n) is 1.88. The van der Waals surface area contributed by atoms with Crippen molar-refractivity contribution in [1.29, 1.82) is 0 Å². The molecule has 1 heterocycles. The molecule has 0 aliphatic heterocycles. The van der Waals surface area contributed by atoms with Crippen LogP contribution in [0.1, 0.15) is 49.7 Å². The summed E-state index contributed by atoms with van der Waals surface area (Å²) in [5.74, 6) is 1.04. The van der Waals surface area contributed by atoms with Crippen molar-refractivity contribution in [2.24, 2.45) is 11.7 Å². The minimum Gasteiger partial charge on any atom is -0.348 e. The van der Waals surface area contributed by atoms with Gasteiger partial charge in [-0.05, 0) is 25.2 Å². The number of amides is 1. The number of nitrogens with two attached hydrogens (primary N) is 1. The molecule has 2 rings (SSSR count). The first kappa shape index (κ1) is 13.5. The molecule has 1 aromatic rings. The zero-order valence-corrected chi connectivity index (χ0v) is 11.8.